The van der Waals surface area contributed by atoms with E-state index in [1.165, 1.54) is 5.56 Å². The number of hydrogen-bond acceptors (Lipinski definition) is 2. The summed E-state index contributed by atoms with van der Waals surface area (Å²) in [5.74, 6) is 1.46. The Morgan fingerprint density at radius 2 is 1.50 bits per heavy atom. The van der Waals surface area contributed by atoms with E-state index in [0.717, 1.165) is 17.2 Å². The topological polar surface area (TPSA) is 38.3 Å². The number of rotatable bonds is 4. The fourth-order valence-electron chi connectivity index (χ4n) is 1.96. The maximum atomic E-state index is 11.3. The Labute approximate surface area is 139 Å². The Kier molecular flexibility index (Phi) is 5.24. The van der Waals surface area contributed by atoms with Gasteiger partial charge >= 0.3 is 0 Å². The Morgan fingerprint density at radius 3 is 1.95 bits per heavy atom. The van der Waals surface area contributed by atoms with Crippen LogP contribution in [0.25, 0.3) is 0 Å². The van der Waals surface area contributed by atoms with Crippen molar-refractivity contribution < 1.29 is 9.53 Å². The fourth-order valence-corrected chi connectivity index (χ4v) is 2.10. The first-order valence-electron chi connectivity index (χ1n) is 7.13. The van der Waals surface area contributed by atoms with E-state index in [1.807, 2.05) is 36.4 Å². The highest BCUT2D eigenvalue weighted by molar-refractivity contribution is 9.09. The van der Waals surface area contributed by atoms with E-state index >= 15 is 0 Å². The molecule has 0 saturated carbocycles. The van der Waals surface area contributed by atoms with Crippen molar-refractivity contribution in [3.63, 3.8) is 0 Å². The van der Waals surface area contributed by atoms with Gasteiger partial charge in [0.05, 0.1) is 5.33 Å². The normalized spacial score (nSPS) is 11.1. The van der Waals surface area contributed by atoms with Crippen LogP contribution in [0.3, 0.4) is 0 Å². The molecule has 0 atom stereocenters. The molecule has 1 amide bonds. The van der Waals surface area contributed by atoms with Crippen LogP contribution in [-0.2, 0) is 10.2 Å². The number of alkyl halides is 1. The quantitative estimate of drug-likeness (QED) is 0.768. The molecule has 0 radical (unpaired) electrons. The van der Waals surface area contributed by atoms with Gasteiger partial charge in [0.15, 0.2) is 0 Å². The summed E-state index contributed by atoms with van der Waals surface area (Å²) < 4.78 is 5.81. The maximum Gasteiger partial charge on any atom is 0.235 e. The fraction of sp³-hybridized carbons (Fsp3) is 0.278. The number of anilines is 1. The van der Waals surface area contributed by atoms with E-state index in [2.05, 4.69) is 54.2 Å². The zero-order chi connectivity index (χ0) is 16.2. The van der Waals surface area contributed by atoms with Crippen LogP contribution in [0.15, 0.2) is 48.5 Å². The van der Waals surface area contributed by atoms with Gasteiger partial charge in [0.2, 0.25) is 5.91 Å². The highest BCUT2D eigenvalue weighted by Gasteiger charge is 2.13. The summed E-state index contributed by atoms with van der Waals surface area (Å²) in [4.78, 5) is 11.3. The van der Waals surface area contributed by atoms with Crippen LogP contribution < -0.4 is 10.1 Å². The third-order valence-electron chi connectivity index (χ3n) is 3.22. The van der Waals surface area contributed by atoms with Crippen LogP contribution in [0.4, 0.5) is 5.69 Å². The van der Waals surface area contributed by atoms with Crippen molar-refractivity contribution in [3.05, 3.63) is 54.1 Å². The highest BCUT2D eigenvalue weighted by atomic mass is 79.9. The lowest BCUT2D eigenvalue weighted by atomic mass is 9.87. The van der Waals surface area contributed by atoms with Gasteiger partial charge in [-0.15, -0.1) is 0 Å². The predicted octanol–water partition coefficient (Wildman–Crippen LogP) is 5.11. The monoisotopic (exact) mass is 361 g/mol. The molecule has 0 aliphatic carbocycles. The minimum absolute atomic E-state index is 0.0774. The smallest absolute Gasteiger partial charge is 0.235 e. The Morgan fingerprint density at radius 1 is 1.00 bits per heavy atom. The number of benzene rings is 2. The first kappa shape index (κ1) is 16.6. The second kappa shape index (κ2) is 6.97. The van der Waals surface area contributed by atoms with Crippen molar-refractivity contribution in [3.8, 4) is 11.5 Å². The van der Waals surface area contributed by atoms with Crippen LogP contribution >= 0.6 is 15.9 Å². The molecular formula is C18H20BrNO2. The lowest BCUT2D eigenvalue weighted by molar-refractivity contribution is -0.113. The van der Waals surface area contributed by atoms with Gasteiger partial charge in [-0.05, 0) is 47.4 Å². The lowest BCUT2D eigenvalue weighted by Gasteiger charge is -2.19. The second-order valence-electron chi connectivity index (χ2n) is 6.08. The van der Waals surface area contributed by atoms with Crippen molar-refractivity contribution in [1.82, 2.24) is 0 Å². The summed E-state index contributed by atoms with van der Waals surface area (Å²) >= 11 is 3.11. The van der Waals surface area contributed by atoms with Gasteiger partial charge in [-0.25, -0.2) is 0 Å². The van der Waals surface area contributed by atoms with Crippen molar-refractivity contribution in [2.24, 2.45) is 0 Å². The van der Waals surface area contributed by atoms with E-state index < -0.39 is 0 Å². The summed E-state index contributed by atoms with van der Waals surface area (Å²) in [6.07, 6.45) is 0. The van der Waals surface area contributed by atoms with Crippen molar-refractivity contribution in [1.29, 1.82) is 0 Å². The van der Waals surface area contributed by atoms with Gasteiger partial charge < -0.3 is 10.1 Å². The molecule has 0 spiro atoms. The summed E-state index contributed by atoms with van der Waals surface area (Å²) in [6, 6.07) is 15.4. The highest BCUT2D eigenvalue weighted by Crippen LogP contribution is 2.27. The number of ether oxygens (including phenoxy) is 1. The molecule has 0 aliphatic rings. The van der Waals surface area contributed by atoms with Crippen molar-refractivity contribution >= 4 is 27.5 Å². The average molecular weight is 362 g/mol. The summed E-state index contributed by atoms with van der Waals surface area (Å²) in [6.45, 7) is 6.55. The van der Waals surface area contributed by atoms with E-state index in [1.54, 1.807) is 0 Å². The minimum atomic E-state index is -0.0774. The SMILES string of the molecule is CC(C)(C)c1ccc(Oc2ccc(NC(=O)CBr)cc2)cc1. The zero-order valence-electron chi connectivity index (χ0n) is 13.0. The minimum Gasteiger partial charge on any atom is -0.457 e. The van der Waals surface area contributed by atoms with E-state index in [4.69, 9.17) is 4.74 Å². The molecule has 3 nitrogen and oxygen atoms in total. The molecule has 0 heterocycles. The van der Waals surface area contributed by atoms with Gasteiger partial charge in [0, 0.05) is 5.69 Å². The molecule has 22 heavy (non-hydrogen) atoms. The van der Waals surface area contributed by atoms with E-state index in [0.29, 0.717) is 0 Å². The van der Waals surface area contributed by atoms with E-state index in [9.17, 15) is 4.79 Å². The third kappa shape index (κ3) is 4.60. The molecule has 2 aromatic rings. The molecule has 0 saturated heterocycles. The summed E-state index contributed by atoms with van der Waals surface area (Å²) in [5, 5.41) is 3.05. The number of nitrogens with one attached hydrogen (secondary N) is 1. The number of carbonyl (C=O) groups is 1. The summed E-state index contributed by atoms with van der Waals surface area (Å²) in [5.41, 5.74) is 2.15. The lowest BCUT2D eigenvalue weighted by Crippen LogP contribution is -2.11. The van der Waals surface area contributed by atoms with Crippen LogP contribution in [0.1, 0.15) is 26.3 Å². The molecule has 0 aromatic heterocycles. The van der Waals surface area contributed by atoms with Crippen LogP contribution in [0.2, 0.25) is 0 Å². The van der Waals surface area contributed by atoms with Gasteiger partial charge in [0.25, 0.3) is 0 Å². The van der Waals surface area contributed by atoms with Crippen molar-refractivity contribution in [2.75, 3.05) is 10.6 Å². The maximum absolute atomic E-state index is 11.3. The van der Waals surface area contributed by atoms with Gasteiger partial charge in [-0.2, -0.15) is 0 Å². The molecule has 116 valence electrons. The first-order valence-corrected chi connectivity index (χ1v) is 8.25. The number of carbonyl (C=O) groups excluding carboxylic acids is 1. The third-order valence-corrected chi connectivity index (χ3v) is 3.72. The second-order valence-corrected chi connectivity index (χ2v) is 6.64. The van der Waals surface area contributed by atoms with Crippen LogP contribution in [0.5, 0.6) is 11.5 Å². The molecule has 1 N–H and O–H groups in total. The molecule has 0 unspecified atom stereocenters. The van der Waals surface area contributed by atoms with E-state index in [-0.39, 0.29) is 16.7 Å². The molecule has 0 bridgehead atoms. The predicted molar refractivity (Wildman–Crippen MR) is 94.1 cm³/mol. The van der Waals surface area contributed by atoms with Crippen LogP contribution in [-0.4, -0.2) is 11.2 Å². The zero-order valence-corrected chi connectivity index (χ0v) is 14.6. The Bertz CT molecular complexity index is 628. The van der Waals surface area contributed by atoms with Crippen LogP contribution in [0, 0.1) is 0 Å². The van der Waals surface area contributed by atoms with Gasteiger partial charge in [-0.1, -0.05) is 48.8 Å². The standard InChI is InChI=1S/C18H20BrNO2/c1-18(2,3)13-4-8-15(9-5-13)22-16-10-6-14(7-11-16)20-17(21)12-19/h4-11H,12H2,1-3H3,(H,20,21). The summed E-state index contributed by atoms with van der Waals surface area (Å²) in [7, 11) is 0. The molecule has 0 fully saturated rings. The first-order chi connectivity index (χ1) is 10.4. The van der Waals surface area contributed by atoms with Crippen molar-refractivity contribution in [2.45, 2.75) is 26.2 Å². The van der Waals surface area contributed by atoms with Gasteiger partial charge in [-0.3, -0.25) is 4.79 Å². The molecule has 2 rings (SSSR count). The largest absolute Gasteiger partial charge is 0.457 e. The van der Waals surface area contributed by atoms with Gasteiger partial charge in [0.1, 0.15) is 11.5 Å². The number of amides is 1. The molecule has 0 aliphatic heterocycles. The number of hydrogen-bond donors (Lipinski definition) is 1. The molecule has 4 heteroatoms. The Balaban J connectivity index is 2.03. The average Bonchev–Trinajstić information content (AvgIpc) is 2.49. The molecule has 2 aromatic carbocycles. The molecular weight excluding hydrogens is 342 g/mol. The Hall–Kier alpha value is -1.81. The number of halogens is 1.